The second kappa shape index (κ2) is 13.8. The molecule has 1 heterocycles. The van der Waals surface area contributed by atoms with Gasteiger partial charge < -0.3 is 25.0 Å². The minimum absolute atomic E-state index is 0. The van der Waals surface area contributed by atoms with Crippen molar-refractivity contribution in [3.63, 3.8) is 0 Å². The number of methoxy groups -OCH3 is 1. The van der Waals surface area contributed by atoms with Crippen molar-refractivity contribution >= 4 is 35.8 Å². The second-order valence-corrected chi connectivity index (χ2v) is 7.55. The van der Waals surface area contributed by atoms with Crippen LogP contribution < -0.4 is 20.1 Å². The Morgan fingerprint density at radius 1 is 1.12 bits per heavy atom. The van der Waals surface area contributed by atoms with Gasteiger partial charge in [-0.3, -0.25) is 9.79 Å². The first-order valence-corrected chi connectivity index (χ1v) is 10.7. The summed E-state index contributed by atoms with van der Waals surface area (Å²) >= 11 is 0. The maximum absolute atomic E-state index is 12.3. The molecule has 1 atom stereocenters. The van der Waals surface area contributed by atoms with Crippen LogP contribution in [0.1, 0.15) is 12.0 Å². The molecule has 0 aliphatic carbocycles. The number of amides is 1. The highest BCUT2D eigenvalue weighted by Gasteiger charge is 2.29. The minimum atomic E-state index is 0. The molecule has 2 aromatic carbocycles. The molecule has 8 heteroatoms. The van der Waals surface area contributed by atoms with E-state index in [1.54, 1.807) is 14.2 Å². The van der Waals surface area contributed by atoms with Crippen molar-refractivity contribution in [2.45, 2.75) is 12.8 Å². The van der Waals surface area contributed by atoms with Gasteiger partial charge in [-0.25, -0.2) is 0 Å². The number of aliphatic imine (C=N–C) groups is 1. The van der Waals surface area contributed by atoms with Crippen molar-refractivity contribution in [1.82, 2.24) is 15.5 Å². The van der Waals surface area contributed by atoms with E-state index >= 15 is 0 Å². The lowest BCUT2D eigenvalue weighted by molar-refractivity contribution is -0.127. The molecule has 1 fully saturated rings. The van der Waals surface area contributed by atoms with Gasteiger partial charge in [0.2, 0.25) is 5.91 Å². The van der Waals surface area contributed by atoms with Crippen LogP contribution in [0.4, 0.5) is 0 Å². The number of hydrogen-bond donors (Lipinski definition) is 2. The maximum atomic E-state index is 12.3. The first kappa shape index (κ1) is 25.8. The van der Waals surface area contributed by atoms with E-state index in [9.17, 15) is 4.79 Å². The van der Waals surface area contributed by atoms with Gasteiger partial charge in [-0.2, -0.15) is 0 Å². The average molecular weight is 552 g/mol. The van der Waals surface area contributed by atoms with E-state index in [0.717, 1.165) is 31.0 Å². The van der Waals surface area contributed by atoms with Crippen LogP contribution in [0.15, 0.2) is 59.6 Å². The Kier molecular flexibility index (Phi) is 11.1. The maximum Gasteiger partial charge on any atom is 0.223 e. The van der Waals surface area contributed by atoms with E-state index in [1.165, 1.54) is 5.56 Å². The minimum Gasteiger partial charge on any atom is -0.497 e. The van der Waals surface area contributed by atoms with Crippen molar-refractivity contribution in [2.24, 2.45) is 10.9 Å². The van der Waals surface area contributed by atoms with Crippen molar-refractivity contribution < 1.29 is 14.3 Å². The van der Waals surface area contributed by atoms with Crippen molar-refractivity contribution in [3.8, 4) is 11.5 Å². The molecular formula is C24H33IN4O3. The Morgan fingerprint density at radius 2 is 1.91 bits per heavy atom. The zero-order chi connectivity index (χ0) is 21.9. The summed E-state index contributed by atoms with van der Waals surface area (Å²) in [4.78, 5) is 18.6. The van der Waals surface area contributed by atoms with Crippen molar-refractivity contribution in [2.75, 3.05) is 46.9 Å². The highest BCUT2D eigenvalue weighted by molar-refractivity contribution is 14.0. The van der Waals surface area contributed by atoms with Crippen LogP contribution in [0.3, 0.4) is 0 Å². The number of nitrogens with one attached hydrogen (secondary N) is 2. The third-order valence-corrected chi connectivity index (χ3v) is 5.29. The Hall–Kier alpha value is -2.49. The first-order chi connectivity index (χ1) is 15.2. The molecule has 174 valence electrons. The molecule has 1 aliphatic heterocycles. The SMILES string of the molecule is CN=C(NCCOc1cccc(OC)c1)NCC1CC(=O)N(CCc2ccccc2)C1.I. The molecule has 1 saturated heterocycles. The third-order valence-electron chi connectivity index (χ3n) is 5.29. The molecule has 0 saturated carbocycles. The van der Waals surface area contributed by atoms with Gasteiger partial charge in [0.1, 0.15) is 18.1 Å². The van der Waals surface area contributed by atoms with Gasteiger partial charge in [-0.1, -0.05) is 36.4 Å². The summed E-state index contributed by atoms with van der Waals surface area (Å²) < 4.78 is 10.9. The molecule has 0 aromatic heterocycles. The fraction of sp³-hybridized carbons (Fsp3) is 0.417. The Labute approximate surface area is 207 Å². The molecule has 1 unspecified atom stereocenters. The number of rotatable bonds is 10. The van der Waals surface area contributed by atoms with Gasteiger partial charge in [-0.15, -0.1) is 24.0 Å². The molecular weight excluding hydrogens is 519 g/mol. The summed E-state index contributed by atoms with van der Waals surface area (Å²) in [6, 6.07) is 17.8. The quantitative estimate of drug-likeness (QED) is 0.205. The van der Waals surface area contributed by atoms with E-state index in [-0.39, 0.29) is 35.8 Å². The molecule has 0 radical (unpaired) electrons. The van der Waals surface area contributed by atoms with E-state index in [1.807, 2.05) is 47.4 Å². The van der Waals surface area contributed by atoms with Crippen LogP contribution in [0.25, 0.3) is 0 Å². The van der Waals surface area contributed by atoms with Gasteiger partial charge in [0.05, 0.1) is 13.7 Å². The molecule has 2 aromatic rings. The summed E-state index contributed by atoms with van der Waals surface area (Å²) in [6.45, 7) is 3.39. The third kappa shape index (κ3) is 8.22. The van der Waals surface area contributed by atoms with Crippen LogP contribution >= 0.6 is 24.0 Å². The summed E-state index contributed by atoms with van der Waals surface area (Å²) in [7, 11) is 3.38. The number of hydrogen-bond acceptors (Lipinski definition) is 4. The van der Waals surface area contributed by atoms with Gasteiger partial charge in [0.25, 0.3) is 0 Å². The number of guanidine groups is 1. The Bertz CT molecular complexity index is 863. The van der Waals surface area contributed by atoms with Gasteiger partial charge >= 0.3 is 0 Å². The average Bonchev–Trinajstić information content (AvgIpc) is 3.17. The second-order valence-electron chi connectivity index (χ2n) is 7.55. The normalized spacial score (nSPS) is 15.8. The molecule has 0 bridgehead atoms. The van der Waals surface area contributed by atoms with Crippen molar-refractivity contribution in [1.29, 1.82) is 0 Å². The zero-order valence-corrected chi connectivity index (χ0v) is 21.1. The number of likely N-dealkylation sites (tertiary alicyclic amines) is 1. The van der Waals surface area contributed by atoms with Gasteiger partial charge in [-0.05, 0) is 24.1 Å². The topological polar surface area (TPSA) is 75.2 Å². The smallest absolute Gasteiger partial charge is 0.223 e. The lowest BCUT2D eigenvalue weighted by Crippen LogP contribution is -2.41. The molecule has 1 amide bonds. The van der Waals surface area contributed by atoms with Gasteiger partial charge in [0, 0.05) is 45.1 Å². The highest BCUT2D eigenvalue weighted by Crippen LogP contribution is 2.19. The van der Waals surface area contributed by atoms with Crippen LogP contribution in [0.2, 0.25) is 0 Å². The molecule has 1 aliphatic rings. The Morgan fingerprint density at radius 3 is 2.66 bits per heavy atom. The summed E-state index contributed by atoms with van der Waals surface area (Å²) in [5.74, 6) is 2.77. The van der Waals surface area contributed by atoms with E-state index < -0.39 is 0 Å². The fourth-order valence-corrected chi connectivity index (χ4v) is 3.61. The summed E-state index contributed by atoms with van der Waals surface area (Å²) in [5, 5.41) is 6.57. The largest absolute Gasteiger partial charge is 0.497 e. The number of benzene rings is 2. The molecule has 2 N–H and O–H groups in total. The van der Waals surface area contributed by atoms with Crippen LogP contribution in [0, 0.1) is 5.92 Å². The predicted octanol–water partition coefficient (Wildman–Crippen LogP) is 2.95. The number of carbonyl (C=O) groups is 1. The number of carbonyl (C=O) groups excluding carboxylic acids is 1. The molecule has 3 rings (SSSR count). The summed E-state index contributed by atoms with van der Waals surface area (Å²) in [6.07, 6.45) is 1.47. The monoisotopic (exact) mass is 552 g/mol. The van der Waals surface area contributed by atoms with Crippen LogP contribution in [0.5, 0.6) is 11.5 Å². The standard InChI is InChI=1S/C24H32N4O3.HI/c1-25-24(26-12-14-31-22-10-6-9-21(16-22)30-2)27-17-20-15-23(29)28(18-20)13-11-19-7-4-3-5-8-19;/h3-10,16,20H,11-15,17-18H2,1-2H3,(H2,25,26,27);1H. The summed E-state index contributed by atoms with van der Waals surface area (Å²) in [5.41, 5.74) is 1.26. The predicted molar refractivity (Wildman–Crippen MR) is 138 cm³/mol. The van der Waals surface area contributed by atoms with Crippen LogP contribution in [-0.4, -0.2) is 63.7 Å². The first-order valence-electron chi connectivity index (χ1n) is 10.7. The van der Waals surface area contributed by atoms with Gasteiger partial charge in [0.15, 0.2) is 5.96 Å². The molecule has 0 spiro atoms. The number of halogens is 1. The zero-order valence-electron chi connectivity index (χ0n) is 18.8. The highest BCUT2D eigenvalue weighted by atomic mass is 127. The van der Waals surface area contributed by atoms with E-state index in [0.29, 0.717) is 32.1 Å². The lowest BCUT2D eigenvalue weighted by atomic mass is 10.1. The van der Waals surface area contributed by atoms with Crippen molar-refractivity contribution in [3.05, 3.63) is 60.2 Å². The number of nitrogens with zero attached hydrogens (tertiary/aromatic N) is 2. The Balaban J connectivity index is 0.00000363. The van der Waals surface area contributed by atoms with E-state index in [4.69, 9.17) is 9.47 Å². The lowest BCUT2D eigenvalue weighted by Gasteiger charge is -2.18. The number of ether oxygens (including phenoxy) is 2. The molecule has 32 heavy (non-hydrogen) atoms. The molecule has 7 nitrogen and oxygen atoms in total. The van der Waals surface area contributed by atoms with E-state index in [2.05, 4.69) is 27.8 Å². The fourth-order valence-electron chi connectivity index (χ4n) is 3.61. The van der Waals surface area contributed by atoms with Crippen LogP contribution in [-0.2, 0) is 11.2 Å².